The number of nitrogens with zero attached hydrogens (tertiary/aromatic N) is 2. The minimum atomic E-state index is -0.344. The summed E-state index contributed by atoms with van der Waals surface area (Å²) in [6, 6.07) is 11.1. The van der Waals surface area contributed by atoms with Gasteiger partial charge in [-0.2, -0.15) is 0 Å². The van der Waals surface area contributed by atoms with Crippen LogP contribution in [0, 0.1) is 12.7 Å². The largest absolute Gasteiger partial charge is 0.269 e. The van der Waals surface area contributed by atoms with E-state index in [9.17, 15) is 9.18 Å². The van der Waals surface area contributed by atoms with Gasteiger partial charge in [-0.05, 0) is 30.7 Å². The molecule has 0 unspecified atom stereocenters. The zero-order valence-electron chi connectivity index (χ0n) is 10.3. The summed E-state index contributed by atoms with van der Waals surface area (Å²) in [6.45, 7) is 1.91. The molecule has 3 rings (SSSR count). The van der Waals surface area contributed by atoms with Crippen LogP contribution in [0.25, 0.3) is 16.9 Å². The second kappa shape index (κ2) is 4.31. The normalized spacial score (nSPS) is 10.8. The molecule has 0 saturated heterocycles. The van der Waals surface area contributed by atoms with Crippen molar-refractivity contribution in [1.29, 1.82) is 0 Å². The second-order valence-corrected chi connectivity index (χ2v) is 4.42. The Bertz CT molecular complexity index is 824. The van der Waals surface area contributed by atoms with Gasteiger partial charge in [0.2, 0.25) is 0 Å². The Balaban J connectivity index is 2.27. The topological polar surface area (TPSA) is 34.4 Å². The van der Waals surface area contributed by atoms with Crippen molar-refractivity contribution in [3.8, 4) is 11.3 Å². The van der Waals surface area contributed by atoms with E-state index in [1.165, 1.54) is 22.6 Å². The summed E-state index contributed by atoms with van der Waals surface area (Å²) in [5.74, 6) is -0.344. The lowest BCUT2D eigenvalue weighted by Gasteiger charge is -2.05. The van der Waals surface area contributed by atoms with E-state index in [0.29, 0.717) is 16.9 Å². The highest BCUT2D eigenvalue weighted by molar-refractivity contribution is 5.61. The van der Waals surface area contributed by atoms with Crippen molar-refractivity contribution in [2.24, 2.45) is 0 Å². The molecule has 0 aliphatic heterocycles. The van der Waals surface area contributed by atoms with Crippen LogP contribution >= 0.6 is 0 Å². The third-order valence-corrected chi connectivity index (χ3v) is 2.93. The van der Waals surface area contributed by atoms with Crippen LogP contribution in [0.5, 0.6) is 0 Å². The molecule has 94 valence electrons. The highest BCUT2D eigenvalue weighted by Gasteiger charge is 2.05. The predicted molar refractivity (Wildman–Crippen MR) is 71.6 cm³/mol. The monoisotopic (exact) mass is 254 g/mol. The number of rotatable bonds is 1. The molecule has 0 spiro atoms. The molecule has 2 aromatic heterocycles. The first-order valence-corrected chi connectivity index (χ1v) is 5.89. The van der Waals surface area contributed by atoms with Crippen LogP contribution < -0.4 is 5.56 Å². The molecule has 0 N–H and O–H groups in total. The summed E-state index contributed by atoms with van der Waals surface area (Å²) in [5.41, 5.74) is 2.44. The van der Waals surface area contributed by atoms with Crippen molar-refractivity contribution in [3.63, 3.8) is 0 Å². The van der Waals surface area contributed by atoms with Gasteiger partial charge in [0.25, 0.3) is 5.56 Å². The molecule has 3 nitrogen and oxygen atoms in total. The molecule has 0 saturated carbocycles. The van der Waals surface area contributed by atoms with Crippen molar-refractivity contribution in [2.75, 3.05) is 0 Å². The van der Waals surface area contributed by atoms with Crippen LogP contribution in [0.3, 0.4) is 0 Å². The summed E-state index contributed by atoms with van der Waals surface area (Å²) in [7, 11) is 0. The van der Waals surface area contributed by atoms with Gasteiger partial charge in [0, 0.05) is 17.8 Å². The Morgan fingerprint density at radius 3 is 2.79 bits per heavy atom. The molecular weight excluding hydrogens is 243 g/mol. The summed E-state index contributed by atoms with van der Waals surface area (Å²) >= 11 is 0. The van der Waals surface area contributed by atoms with E-state index in [0.717, 1.165) is 5.56 Å². The van der Waals surface area contributed by atoms with Gasteiger partial charge in [0.1, 0.15) is 11.5 Å². The third kappa shape index (κ3) is 2.12. The predicted octanol–water partition coefficient (Wildman–Crippen LogP) is 2.81. The standard InChI is InChI=1S/C15H11FN2O/c1-10-5-6-14-17-13(8-15(19)18(14)9-10)11-3-2-4-12(16)7-11/h2-9H,1H3. The smallest absolute Gasteiger partial charge is 0.258 e. The first kappa shape index (κ1) is 11.6. The summed E-state index contributed by atoms with van der Waals surface area (Å²) in [6.07, 6.45) is 1.74. The van der Waals surface area contributed by atoms with Gasteiger partial charge in [-0.3, -0.25) is 9.20 Å². The van der Waals surface area contributed by atoms with Crippen LogP contribution in [0.15, 0.2) is 53.5 Å². The van der Waals surface area contributed by atoms with Gasteiger partial charge in [-0.15, -0.1) is 0 Å². The van der Waals surface area contributed by atoms with Crippen molar-refractivity contribution < 1.29 is 4.39 Å². The van der Waals surface area contributed by atoms with E-state index in [4.69, 9.17) is 0 Å². The third-order valence-electron chi connectivity index (χ3n) is 2.93. The minimum Gasteiger partial charge on any atom is -0.269 e. The lowest BCUT2D eigenvalue weighted by Crippen LogP contribution is -2.14. The number of fused-ring (bicyclic) bond motifs is 1. The second-order valence-electron chi connectivity index (χ2n) is 4.42. The molecule has 3 aromatic rings. The van der Waals surface area contributed by atoms with Crippen LogP contribution in [0.2, 0.25) is 0 Å². The lowest BCUT2D eigenvalue weighted by atomic mass is 10.1. The summed E-state index contributed by atoms with van der Waals surface area (Å²) < 4.78 is 14.7. The maximum absolute atomic E-state index is 13.2. The molecule has 0 amide bonds. The van der Waals surface area contributed by atoms with Crippen molar-refractivity contribution in [3.05, 3.63) is 70.4 Å². The average Bonchev–Trinajstić information content (AvgIpc) is 2.39. The molecule has 0 fully saturated rings. The molecule has 1 aromatic carbocycles. The molecule has 2 heterocycles. The summed E-state index contributed by atoms with van der Waals surface area (Å²) in [5, 5.41) is 0. The summed E-state index contributed by atoms with van der Waals surface area (Å²) in [4.78, 5) is 16.4. The number of aromatic nitrogens is 2. The molecular formula is C15H11FN2O. The van der Waals surface area contributed by atoms with Gasteiger partial charge in [0.15, 0.2) is 0 Å². The van der Waals surface area contributed by atoms with Crippen molar-refractivity contribution >= 4 is 5.65 Å². The van der Waals surface area contributed by atoms with Gasteiger partial charge in [-0.25, -0.2) is 9.37 Å². The molecule has 0 radical (unpaired) electrons. The minimum absolute atomic E-state index is 0.173. The van der Waals surface area contributed by atoms with Crippen LogP contribution in [0.4, 0.5) is 4.39 Å². The number of aryl methyl sites for hydroxylation is 1. The van der Waals surface area contributed by atoms with E-state index >= 15 is 0 Å². The quantitative estimate of drug-likeness (QED) is 0.669. The fourth-order valence-electron chi connectivity index (χ4n) is 2.00. The van der Waals surface area contributed by atoms with Crippen molar-refractivity contribution in [2.45, 2.75) is 6.92 Å². The number of halogens is 1. The Hall–Kier alpha value is -2.49. The van der Waals surface area contributed by atoms with Gasteiger partial charge >= 0.3 is 0 Å². The van der Waals surface area contributed by atoms with E-state index < -0.39 is 0 Å². The molecule has 0 aliphatic carbocycles. The van der Waals surface area contributed by atoms with Gasteiger partial charge in [-0.1, -0.05) is 18.2 Å². The zero-order valence-corrected chi connectivity index (χ0v) is 10.3. The van der Waals surface area contributed by atoms with Crippen LogP contribution in [-0.2, 0) is 0 Å². The van der Waals surface area contributed by atoms with Crippen molar-refractivity contribution in [1.82, 2.24) is 9.38 Å². The zero-order chi connectivity index (χ0) is 13.4. The maximum Gasteiger partial charge on any atom is 0.258 e. The fraction of sp³-hybridized carbons (Fsp3) is 0.0667. The number of pyridine rings is 1. The highest BCUT2D eigenvalue weighted by Crippen LogP contribution is 2.17. The molecule has 4 heteroatoms. The average molecular weight is 254 g/mol. The number of hydrogen-bond donors (Lipinski definition) is 0. The highest BCUT2D eigenvalue weighted by atomic mass is 19.1. The molecule has 0 atom stereocenters. The van der Waals surface area contributed by atoms with Gasteiger partial charge < -0.3 is 0 Å². The maximum atomic E-state index is 13.2. The Labute approximate surface area is 109 Å². The number of hydrogen-bond acceptors (Lipinski definition) is 2. The fourth-order valence-corrected chi connectivity index (χ4v) is 2.00. The van der Waals surface area contributed by atoms with E-state index in [-0.39, 0.29) is 11.4 Å². The Morgan fingerprint density at radius 2 is 2.00 bits per heavy atom. The van der Waals surface area contributed by atoms with E-state index in [2.05, 4.69) is 4.98 Å². The molecule has 0 aliphatic rings. The lowest BCUT2D eigenvalue weighted by molar-refractivity contribution is 0.628. The van der Waals surface area contributed by atoms with E-state index in [1.807, 2.05) is 13.0 Å². The molecule has 0 bridgehead atoms. The van der Waals surface area contributed by atoms with Crippen LogP contribution in [0.1, 0.15) is 5.56 Å². The van der Waals surface area contributed by atoms with E-state index in [1.54, 1.807) is 24.4 Å². The Kier molecular flexibility index (Phi) is 2.63. The first-order valence-electron chi connectivity index (χ1n) is 5.89. The SMILES string of the molecule is Cc1ccc2nc(-c3cccc(F)c3)cc(=O)n2c1. The molecule has 19 heavy (non-hydrogen) atoms. The Morgan fingerprint density at radius 1 is 1.16 bits per heavy atom. The van der Waals surface area contributed by atoms with Gasteiger partial charge in [0.05, 0.1) is 5.69 Å². The first-order chi connectivity index (χ1) is 9.13. The van der Waals surface area contributed by atoms with Crippen LogP contribution in [-0.4, -0.2) is 9.38 Å². The number of benzene rings is 1.